The number of carbonyl (C=O) groups excluding carboxylic acids is 1. The van der Waals surface area contributed by atoms with Crippen molar-refractivity contribution in [2.24, 2.45) is 5.92 Å². The van der Waals surface area contributed by atoms with Crippen LogP contribution in [0, 0.1) is 5.92 Å². The number of methoxy groups -OCH3 is 2. The van der Waals surface area contributed by atoms with Gasteiger partial charge < -0.3 is 14.8 Å². The van der Waals surface area contributed by atoms with Crippen molar-refractivity contribution >= 4 is 5.91 Å². The third-order valence-corrected chi connectivity index (χ3v) is 3.74. The molecule has 0 radical (unpaired) electrons. The fourth-order valence-electron chi connectivity index (χ4n) is 2.34. The molecule has 1 rings (SSSR count). The second kappa shape index (κ2) is 9.27. The number of unbranched alkanes of at least 4 members (excludes halogenated alkanes) is 1. The van der Waals surface area contributed by atoms with Crippen molar-refractivity contribution in [3.63, 3.8) is 0 Å². The van der Waals surface area contributed by atoms with Gasteiger partial charge in [0, 0.05) is 6.54 Å². The molecule has 0 spiro atoms. The molecule has 21 heavy (non-hydrogen) atoms. The average molecular weight is 293 g/mol. The molecular formula is C17H27NO3. The zero-order chi connectivity index (χ0) is 15.7. The zero-order valence-electron chi connectivity index (χ0n) is 13.6. The quantitative estimate of drug-likeness (QED) is 0.756. The minimum Gasteiger partial charge on any atom is -0.493 e. The molecule has 1 aromatic rings. The molecule has 0 bridgehead atoms. The summed E-state index contributed by atoms with van der Waals surface area (Å²) in [5, 5.41) is 3.01. The molecule has 0 aromatic heterocycles. The fraction of sp³-hybridized carbons (Fsp3) is 0.588. The number of para-hydroxylation sites is 1. The Kier molecular flexibility index (Phi) is 7.65. The highest BCUT2D eigenvalue weighted by Gasteiger charge is 2.17. The molecule has 1 unspecified atom stereocenters. The lowest BCUT2D eigenvalue weighted by molar-refractivity contribution is 0.0942. The summed E-state index contributed by atoms with van der Waals surface area (Å²) in [6.45, 7) is 5.06. The summed E-state index contributed by atoms with van der Waals surface area (Å²) in [6.07, 6.45) is 4.63. The van der Waals surface area contributed by atoms with E-state index in [0.717, 1.165) is 12.8 Å². The lowest BCUT2D eigenvalue weighted by Gasteiger charge is -2.17. The van der Waals surface area contributed by atoms with Crippen LogP contribution in [0.1, 0.15) is 49.9 Å². The van der Waals surface area contributed by atoms with Crippen LogP contribution in [0.25, 0.3) is 0 Å². The van der Waals surface area contributed by atoms with Gasteiger partial charge in [-0.2, -0.15) is 0 Å². The van der Waals surface area contributed by atoms with Crippen LogP contribution >= 0.6 is 0 Å². The van der Waals surface area contributed by atoms with Crippen LogP contribution in [0.5, 0.6) is 11.5 Å². The number of nitrogens with one attached hydrogen (secondary N) is 1. The van der Waals surface area contributed by atoms with Gasteiger partial charge in [-0.15, -0.1) is 0 Å². The maximum absolute atomic E-state index is 12.3. The standard InChI is InChI=1S/C17H27NO3/c1-5-7-9-13(6-2)12-18-17(19)14-10-8-11-15(20-3)16(14)21-4/h8,10-11,13H,5-7,9,12H2,1-4H3,(H,18,19). The molecular weight excluding hydrogens is 266 g/mol. The van der Waals surface area contributed by atoms with Crippen molar-refractivity contribution in [1.82, 2.24) is 5.32 Å². The van der Waals surface area contributed by atoms with Gasteiger partial charge in [0.15, 0.2) is 11.5 Å². The lowest BCUT2D eigenvalue weighted by Crippen LogP contribution is -2.29. The van der Waals surface area contributed by atoms with Gasteiger partial charge in [0.1, 0.15) is 0 Å². The Bertz CT molecular complexity index is 446. The van der Waals surface area contributed by atoms with E-state index in [1.165, 1.54) is 12.8 Å². The van der Waals surface area contributed by atoms with Gasteiger partial charge in [0.2, 0.25) is 0 Å². The predicted molar refractivity (Wildman–Crippen MR) is 85.2 cm³/mol. The molecule has 1 atom stereocenters. The molecule has 1 amide bonds. The Labute approximate surface area is 127 Å². The number of hydrogen-bond donors (Lipinski definition) is 1. The Morgan fingerprint density at radius 1 is 1.24 bits per heavy atom. The number of carbonyl (C=O) groups is 1. The maximum atomic E-state index is 12.3. The first-order chi connectivity index (χ1) is 10.2. The van der Waals surface area contributed by atoms with Gasteiger partial charge in [0.05, 0.1) is 19.8 Å². The third-order valence-electron chi connectivity index (χ3n) is 3.74. The van der Waals surface area contributed by atoms with Crippen molar-refractivity contribution in [1.29, 1.82) is 0 Å². The van der Waals surface area contributed by atoms with Gasteiger partial charge in [-0.1, -0.05) is 39.2 Å². The Balaban J connectivity index is 2.71. The Hall–Kier alpha value is -1.71. The first kappa shape index (κ1) is 17.3. The molecule has 0 heterocycles. The van der Waals surface area contributed by atoms with Crippen LogP contribution in [0.3, 0.4) is 0 Å². The average Bonchev–Trinajstić information content (AvgIpc) is 2.53. The summed E-state index contributed by atoms with van der Waals surface area (Å²) >= 11 is 0. The molecule has 0 aliphatic carbocycles. The molecule has 4 nitrogen and oxygen atoms in total. The van der Waals surface area contributed by atoms with E-state index in [9.17, 15) is 4.79 Å². The van der Waals surface area contributed by atoms with Gasteiger partial charge in [-0.05, 0) is 24.5 Å². The minimum absolute atomic E-state index is 0.110. The molecule has 0 aliphatic heterocycles. The second-order valence-electron chi connectivity index (χ2n) is 5.17. The zero-order valence-corrected chi connectivity index (χ0v) is 13.6. The summed E-state index contributed by atoms with van der Waals surface area (Å²) in [5.74, 6) is 1.48. The van der Waals surface area contributed by atoms with E-state index in [-0.39, 0.29) is 5.91 Å². The predicted octanol–water partition coefficient (Wildman–Crippen LogP) is 3.65. The summed E-state index contributed by atoms with van der Waals surface area (Å²) in [7, 11) is 3.11. The van der Waals surface area contributed by atoms with Crippen LogP contribution < -0.4 is 14.8 Å². The number of hydrogen-bond acceptors (Lipinski definition) is 3. The van der Waals surface area contributed by atoms with E-state index in [4.69, 9.17) is 9.47 Å². The van der Waals surface area contributed by atoms with Crippen molar-refractivity contribution in [3.05, 3.63) is 23.8 Å². The van der Waals surface area contributed by atoms with Crippen LogP contribution in [-0.2, 0) is 0 Å². The molecule has 1 aromatic carbocycles. The number of ether oxygens (including phenoxy) is 2. The molecule has 0 fully saturated rings. The van der Waals surface area contributed by atoms with Crippen LogP contribution in [0.4, 0.5) is 0 Å². The first-order valence-corrected chi connectivity index (χ1v) is 7.67. The number of rotatable bonds is 9. The summed E-state index contributed by atoms with van der Waals surface area (Å²) < 4.78 is 10.5. The lowest BCUT2D eigenvalue weighted by atomic mass is 9.99. The first-order valence-electron chi connectivity index (χ1n) is 7.67. The highest BCUT2D eigenvalue weighted by atomic mass is 16.5. The minimum atomic E-state index is -0.110. The summed E-state index contributed by atoms with van der Waals surface area (Å²) in [4.78, 5) is 12.3. The van der Waals surface area contributed by atoms with E-state index in [2.05, 4.69) is 19.2 Å². The van der Waals surface area contributed by atoms with Crippen LogP contribution in [0.15, 0.2) is 18.2 Å². The number of benzene rings is 1. The van der Waals surface area contributed by atoms with E-state index in [0.29, 0.717) is 29.5 Å². The highest BCUT2D eigenvalue weighted by Crippen LogP contribution is 2.30. The smallest absolute Gasteiger partial charge is 0.255 e. The molecule has 4 heteroatoms. The van der Waals surface area contributed by atoms with Crippen molar-refractivity contribution < 1.29 is 14.3 Å². The fourth-order valence-corrected chi connectivity index (χ4v) is 2.34. The van der Waals surface area contributed by atoms with Gasteiger partial charge >= 0.3 is 0 Å². The molecule has 1 N–H and O–H groups in total. The molecule has 0 saturated heterocycles. The molecule has 0 saturated carbocycles. The van der Waals surface area contributed by atoms with E-state index in [1.54, 1.807) is 32.4 Å². The Morgan fingerprint density at radius 3 is 2.57 bits per heavy atom. The third kappa shape index (κ3) is 4.96. The van der Waals surface area contributed by atoms with E-state index < -0.39 is 0 Å². The molecule has 118 valence electrons. The topological polar surface area (TPSA) is 47.6 Å². The number of amides is 1. The largest absolute Gasteiger partial charge is 0.493 e. The monoisotopic (exact) mass is 293 g/mol. The molecule has 0 aliphatic rings. The summed E-state index contributed by atoms with van der Waals surface area (Å²) in [5.41, 5.74) is 0.516. The van der Waals surface area contributed by atoms with E-state index in [1.807, 2.05) is 0 Å². The summed E-state index contributed by atoms with van der Waals surface area (Å²) in [6, 6.07) is 5.33. The van der Waals surface area contributed by atoms with Gasteiger partial charge in [-0.3, -0.25) is 4.79 Å². The van der Waals surface area contributed by atoms with Crippen molar-refractivity contribution in [3.8, 4) is 11.5 Å². The Morgan fingerprint density at radius 2 is 2.00 bits per heavy atom. The second-order valence-corrected chi connectivity index (χ2v) is 5.17. The van der Waals surface area contributed by atoms with E-state index >= 15 is 0 Å². The van der Waals surface area contributed by atoms with Gasteiger partial charge in [0.25, 0.3) is 5.91 Å². The maximum Gasteiger partial charge on any atom is 0.255 e. The van der Waals surface area contributed by atoms with Crippen LogP contribution in [0.2, 0.25) is 0 Å². The normalized spacial score (nSPS) is 11.8. The van der Waals surface area contributed by atoms with Crippen molar-refractivity contribution in [2.75, 3.05) is 20.8 Å². The van der Waals surface area contributed by atoms with Crippen LogP contribution in [-0.4, -0.2) is 26.7 Å². The van der Waals surface area contributed by atoms with Crippen molar-refractivity contribution in [2.45, 2.75) is 39.5 Å². The highest BCUT2D eigenvalue weighted by molar-refractivity contribution is 5.97. The SMILES string of the molecule is CCCCC(CC)CNC(=O)c1cccc(OC)c1OC. The van der Waals surface area contributed by atoms with Gasteiger partial charge in [-0.25, -0.2) is 0 Å².